The van der Waals surface area contributed by atoms with Crippen LogP contribution in [0, 0.1) is 34.5 Å². The van der Waals surface area contributed by atoms with Gasteiger partial charge in [-0.1, -0.05) is 32.9 Å². The van der Waals surface area contributed by atoms with Crippen molar-refractivity contribution in [3.05, 3.63) is 0 Å². The Morgan fingerprint density at radius 2 is 1.81 bits per heavy atom. The quantitative estimate of drug-likeness (QED) is 0.265. The highest BCUT2D eigenvalue weighted by atomic mass is 28.4. The molecule has 0 heterocycles. The Balaban J connectivity index is 1.56. The Labute approximate surface area is 198 Å². The molecule has 0 aromatic carbocycles. The molecule has 0 aliphatic heterocycles. The van der Waals surface area contributed by atoms with Crippen LogP contribution in [0.15, 0.2) is 5.16 Å². The lowest BCUT2D eigenvalue weighted by atomic mass is 9.44. The number of rotatable bonds is 5. The zero-order valence-corrected chi connectivity index (χ0v) is 22.9. The van der Waals surface area contributed by atoms with Crippen molar-refractivity contribution in [2.24, 2.45) is 39.7 Å². The van der Waals surface area contributed by atoms with Crippen LogP contribution in [-0.2, 0) is 9.16 Å². The molecule has 4 aliphatic carbocycles. The van der Waals surface area contributed by atoms with Crippen LogP contribution in [-0.4, -0.2) is 39.1 Å². The SMILES string of the molecule is COCC[C@]12CCC(O[Si](C)(C)C(C)(C)C)C[C@@H]1CC[C@@H]1[C@@H]2CC[C@]2(C)/C(=N/O)CC[C@@H]12. The van der Waals surface area contributed by atoms with Crippen LogP contribution >= 0.6 is 0 Å². The third-order valence-electron chi connectivity index (χ3n) is 11.2. The van der Waals surface area contributed by atoms with Gasteiger partial charge < -0.3 is 14.4 Å². The monoisotopic (exact) mass is 463 g/mol. The Kier molecular flexibility index (Phi) is 6.70. The van der Waals surface area contributed by atoms with Crippen molar-refractivity contribution < 1.29 is 14.4 Å². The summed E-state index contributed by atoms with van der Waals surface area (Å²) < 4.78 is 12.6. The van der Waals surface area contributed by atoms with Gasteiger partial charge in [0.25, 0.3) is 0 Å². The Bertz CT molecular complexity index is 716. The number of hydrogen-bond donors (Lipinski definition) is 1. The summed E-state index contributed by atoms with van der Waals surface area (Å²) in [4.78, 5) is 0. The van der Waals surface area contributed by atoms with Crippen molar-refractivity contribution in [1.29, 1.82) is 0 Å². The van der Waals surface area contributed by atoms with Crippen molar-refractivity contribution >= 4 is 14.0 Å². The molecule has 0 saturated heterocycles. The van der Waals surface area contributed by atoms with Gasteiger partial charge in [0.05, 0.1) is 5.71 Å². The number of fused-ring (bicyclic) bond motifs is 5. The zero-order chi connectivity index (χ0) is 23.4. The summed E-state index contributed by atoms with van der Waals surface area (Å²) in [6, 6.07) is 0. The van der Waals surface area contributed by atoms with E-state index in [0.717, 1.165) is 36.5 Å². The van der Waals surface area contributed by atoms with E-state index in [1.807, 2.05) is 7.11 Å². The first-order chi connectivity index (χ1) is 15.0. The molecule has 0 spiro atoms. The fourth-order valence-electron chi connectivity index (χ4n) is 8.45. The first-order valence-corrected chi connectivity index (χ1v) is 16.3. The number of methoxy groups -OCH3 is 1. The third kappa shape index (κ3) is 3.92. The summed E-state index contributed by atoms with van der Waals surface area (Å²) in [5.41, 5.74) is 1.64. The van der Waals surface area contributed by atoms with Crippen LogP contribution in [0.2, 0.25) is 18.1 Å². The maximum atomic E-state index is 9.66. The molecule has 5 heteroatoms. The van der Waals surface area contributed by atoms with Crippen molar-refractivity contribution in [3.8, 4) is 0 Å². The minimum atomic E-state index is -1.73. The summed E-state index contributed by atoms with van der Waals surface area (Å²) in [5, 5.41) is 13.7. The first kappa shape index (κ1) is 24.7. The molecule has 184 valence electrons. The van der Waals surface area contributed by atoms with Crippen molar-refractivity contribution in [3.63, 3.8) is 0 Å². The van der Waals surface area contributed by atoms with Gasteiger partial charge in [0.15, 0.2) is 8.32 Å². The second-order valence-electron chi connectivity index (χ2n) is 13.4. The normalized spacial score (nSPS) is 43.6. The summed E-state index contributed by atoms with van der Waals surface area (Å²) in [7, 11) is 0.138. The summed E-state index contributed by atoms with van der Waals surface area (Å²) in [6.07, 6.45) is 12.9. The van der Waals surface area contributed by atoms with Gasteiger partial charge in [-0.05, 0) is 111 Å². The Morgan fingerprint density at radius 3 is 2.47 bits per heavy atom. The maximum absolute atomic E-state index is 9.66. The molecular weight excluding hydrogens is 414 g/mol. The molecule has 4 fully saturated rings. The smallest absolute Gasteiger partial charge is 0.192 e. The van der Waals surface area contributed by atoms with E-state index in [0.29, 0.717) is 17.4 Å². The van der Waals surface area contributed by atoms with Crippen molar-refractivity contribution in [1.82, 2.24) is 0 Å². The molecule has 4 rings (SSSR count). The van der Waals surface area contributed by atoms with Crippen molar-refractivity contribution in [2.75, 3.05) is 13.7 Å². The molecule has 4 saturated carbocycles. The van der Waals surface area contributed by atoms with Crippen molar-refractivity contribution in [2.45, 2.75) is 116 Å². The molecule has 0 amide bonds. The lowest BCUT2D eigenvalue weighted by molar-refractivity contribution is -0.132. The minimum Gasteiger partial charge on any atom is -0.414 e. The zero-order valence-electron chi connectivity index (χ0n) is 21.9. The summed E-state index contributed by atoms with van der Waals surface area (Å²) >= 11 is 0. The van der Waals surface area contributed by atoms with Crippen LogP contribution in [0.25, 0.3) is 0 Å². The predicted molar refractivity (Wildman–Crippen MR) is 134 cm³/mol. The largest absolute Gasteiger partial charge is 0.414 e. The van der Waals surface area contributed by atoms with E-state index in [1.54, 1.807) is 0 Å². The van der Waals surface area contributed by atoms with Crippen LogP contribution in [0.4, 0.5) is 0 Å². The average Bonchev–Trinajstić information content (AvgIpc) is 3.07. The van der Waals surface area contributed by atoms with Gasteiger partial charge in [-0.3, -0.25) is 0 Å². The third-order valence-corrected chi connectivity index (χ3v) is 15.8. The van der Waals surface area contributed by atoms with Gasteiger partial charge in [0.2, 0.25) is 0 Å². The lowest BCUT2D eigenvalue weighted by Gasteiger charge is -2.62. The average molecular weight is 464 g/mol. The van der Waals surface area contributed by atoms with Gasteiger partial charge in [-0.15, -0.1) is 0 Å². The molecule has 4 aliphatic rings. The number of ether oxygens (including phenoxy) is 1. The minimum absolute atomic E-state index is 0.133. The van der Waals surface area contributed by atoms with Gasteiger partial charge in [-0.2, -0.15) is 0 Å². The first-order valence-electron chi connectivity index (χ1n) is 13.4. The lowest BCUT2D eigenvalue weighted by Crippen LogP contribution is -2.56. The number of nitrogens with zero attached hydrogens (tertiary/aromatic N) is 1. The molecule has 0 aromatic heterocycles. The highest BCUT2D eigenvalue weighted by molar-refractivity contribution is 6.74. The molecule has 1 unspecified atom stereocenters. The Morgan fingerprint density at radius 1 is 1.06 bits per heavy atom. The molecule has 1 N–H and O–H groups in total. The van der Waals surface area contributed by atoms with E-state index in [9.17, 15) is 5.21 Å². The summed E-state index contributed by atoms with van der Waals surface area (Å²) in [6.45, 7) is 15.2. The standard InChI is InChI=1S/C27H49NO3Si/c1-25(2,3)32(6,7)31-20-12-15-27(16-17-30-5)19(18-20)8-9-21-22-10-11-24(28-29)26(22,4)14-13-23(21)27/h19-23,29H,8-18H2,1-7H3/b28-24+/t19-,20?,21-,22-,23-,26-,27+/m0/s1. The van der Waals surface area contributed by atoms with Crippen LogP contribution in [0.1, 0.15) is 91.9 Å². The van der Waals surface area contributed by atoms with Gasteiger partial charge in [0, 0.05) is 25.2 Å². The van der Waals surface area contributed by atoms with Crippen LogP contribution < -0.4 is 0 Å². The fraction of sp³-hybridized carbons (Fsp3) is 0.963. The van der Waals surface area contributed by atoms with E-state index in [-0.39, 0.29) is 10.5 Å². The topological polar surface area (TPSA) is 51.0 Å². The molecular formula is C27H49NO3Si. The molecule has 0 aromatic rings. The van der Waals surface area contributed by atoms with Gasteiger partial charge in [0.1, 0.15) is 0 Å². The molecule has 0 bridgehead atoms. The van der Waals surface area contributed by atoms with Gasteiger partial charge in [-0.25, -0.2) is 0 Å². The van der Waals surface area contributed by atoms with E-state index >= 15 is 0 Å². The molecule has 7 atom stereocenters. The van der Waals surface area contributed by atoms with E-state index in [1.165, 1.54) is 57.8 Å². The highest BCUT2D eigenvalue weighted by Gasteiger charge is 2.61. The fourth-order valence-corrected chi connectivity index (χ4v) is 9.86. The van der Waals surface area contributed by atoms with E-state index < -0.39 is 8.32 Å². The second-order valence-corrected chi connectivity index (χ2v) is 18.2. The van der Waals surface area contributed by atoms with E-state index in [4.69, 9.17) is 9.16 Å². The van der Waals surface area contributed by atoms with Gasteiger partial charge >= 0.3 is 0 Å². The van der Waals surface area contributed by atoms with Crippen LogP contribution in [0.5, 0.6) is 0 Å². The van der Waals surface area contributed by atoms with Crippen LogP contribution in [0.3, 0.4) is 0 Å². The van der Waals surface area contributed by atoms with E-state index in [2.05, 4.69) is 45.9 Å². The molecule has 0 radical (unpaired) electrons. The molecule has 32 heavy (non-hydrogen) atoms. The Hall–Kier alpha value is -0.393. The second kappa shape index (κ2) is 8.68. The maximum Gasteiger partial charge on any atom is 0.192 e. The molecule has 4 nitrogen and oxygen atoms in total. The number of oxime groups is 1. The summed E-state index contributed by atoms with van der Waals surface area (Å²) in [5.74, 6) is 3.08. The highest BCUT2D eigenvalue weighted by Crippen LogP contribution is 2.67. The number of hydrogen-bond acceptors (Lipinski definition) is 4. The predicted octanol–water partition coefficient (Wildman–Crippen LogP) is 7.27.